The highest BCUT2D eigenvalue weighted by atomic mass is 15.3. The maximum absolute atomic E-state index is 2.42. The minimum absolute atomic E-state index is 0.894. The summed E-state index contributed by atoms with van der Waals surface area (Å²) in [5, 5.41) is 5.32. The Morgan fingerprint density at radius 1 is 0.720 bits per heavy atom. The van der Waals surface area contributed by atoms with Crippen LogP contribution < -0.4 is 4.90 Å². The summed E-state index contributed by atoms with van der Waals surface area (Å²) in [6, 6.07) is 22.1. The molecule has 0 unspecified atom stereocenters. The average molecular weight is 323 g/mol. The minimum atomic E-state index is 0.894. The van der Waals surface area contributed by atoms with E-state index >= 15 is 0 Å². The van der Waals surface area contributed by atoms with Gasteiger partial charge in [0, 0.05) is 46.7 Å². The number of nitrogens with zero attached hydrogens (tertiary/aromatic N) is 3. The van der Waals surface area contributed by atoms with Crippen molar-refractivity contribution in [1.29, 1.82) is 0 Å². The van der Waals surface area contributed by atoms with Gasteiger partial charge in [0.1, 0.15) is 0 Å². The number of rotatable bonds is 1. The van der Waals surface area contributed by atoms with Gasteiger partial charge in [0.2, 0.25) is 0 Å². The first kappa shape index (κ1) is 13.1. The highest BCUT2D eigenvalue weighted by molar-refractivity contribution is 6.24. The molecule has 0 N–H and O–H groups in total. The Bertz CT molecular complexity index is 1210. The van der Waals surface area contributed by atoms with E-state index in [4.69, 9.17) is 0 Å². The van der Waals surface area contributed by atoms with Crippen molar-refractivity contribution < 1.29 is 0 Å². The first-order valence-electron chi connectivity index (χ1n) is 8.63. The number of anilines is 1. The molecule has 0 spiro atoms. The smallest absolute Gasteiger partial charge is 0.0938 e. The van der Waals surface area contributed by atoms with Crippen molar-refractivity contribution in [1.82, 2.24) is 9.30 Å². The number of hydrogen-bond donors (Lipinski definition) is 0. The molecule has 2 aromatic heterocycles. The Balaban J connectivity index is 1.83. The van der Waals surface area contributed by atoms with Gasteiger partial charge in [0.05, 0.1) is 23.2 Å². The van der Waals surface area contributed by atoms with Crippen molar-refractivity contribution >= 4 is 43.8 Å². The van der Waals surface area contributed by atoms with Crippen LogP contribution in [0.1, 0.15) is 0 Å². The van der Waals surface area contributed by atoms with Gasteiger partial charge in [-0.05, 0) is 24.3 Å². The van der Waals surface area contributed by atoms with Crippen LogP contribution in [0, 0.1) is 0 Å². The molecule has 6 rings (SSSR count). The Labute approximate surface area is 145 Å². The van der Waals surface area contributed by atoms with E-state index in [0.29, 0.717) is 0 Å². The summed E-state index contributed by atoms with van der Waals surface area (Å²) in [6.07, 6.45) is 4.29. The Kier molecular flexibility index (Phi) is 2.34. The standard InChI is InChI=1S/C22H17N3/c1-23-10-11-24(14-23)15-12-18-16-6-2-4-8-20(16)25-21-9-5-3-7-17(21)19(13-15)22(18)25/h2-13H,14H2,1H3. The van der Waals surface area contributed by atoms with E-state index in [1.807, 2.05) is 0 Å². The molecule has 3 nitrogen and oxygen atoms in total. The van der Waals surface area contributed by atoms with Crippen molar-refractivity contribution in [2.24, 2.45) is 0 Å². The van der Waals surface area contributed by atoms with Crippen molar-refractivity contribution in [3.63, 3.8) is 0 Å². The molecule has 0 saturated heterocycles. The van der Waals surface area contributed by atoms with Crippen LogP contribution in [-0.4, -0.2) is 23.0 Å². The van der Waals surface area contributed by atoms with Crippen molar-refractivity contribution in [3.05, 3.63) is 73.1 Å². The third-order valence-corrected chi connectivity index (χ3v) is 5.40. The third-order valence-electron chi connectivity index (χ3n) is 5.40. The molecule has 25 heavy (non-hydrogen) atoms. The van der Waals surface area contributed by atoms with Gasteiger partial charge in [-0.25, -0.2) is 0 Å². The molecule has 120 valence electrons. The first-order chi connectivity index (χ1) is 12.3. The summed E-state index contributed by atoms with van der Waals surface area (Å²) in [5.74, 6) is 0. The number of hydrogen-bond acceptors (Lipinski definition) is 2. The van der Waals surface area contributed by atoms with Crippen LogP contribution in [0.25, 0.3) is 38.1 Å². The highest BCUT2D eigenvalue weighted by Crippen LogP contribution is 2.41. The van der Waals surface area contributed by atoms with Gasteiger partial charge in [0.25, 0.3) is 0 Å². The lowest BCUT2D eigenvalue weighted by atomic mass is 10.1. The van der Waals surface area contributed by atoms with Crippen molar-refractivity contribution in [2.45, 2.75) is 0 Å². The predicted octanol–water partition coefficient (Wildman–Crippen LogP) is 5.02. The van der Waals surface area contributed by atoms with Gasteiger partial charge in [-0.3, -0.25) is 0 Å². The van der Waals surface area contributed by atoms with Gasteiger partial charge in [0.15, 0.2) is 0 Å². The monoisotopic (exact) mass is 323 g/mol. The van der Waals surface area contributed by atoms with Crippen LogP contribution in [0.2, 0.25) is 0 Å². The summed E-state index contributed by atoms with van der Waals surface area (Å²) < 4.78 is 2.42. The molecule has 3 heteroatoms. The molecule has 3 heterocycles. The van der Waals surface area contributed by atoms with Crippen LogP contribution in [0.5, 0.6) is 0 Å². The summed E-state index contributed by atoms with van der Waals surface area (Å²) in [4.78, 5) is 4.50. The molecule has 0 radical (unpaired) electrons. The van der Waals surface area contributed by atoms with Crippen LogP contribution in [-0.2, 0) is 0 Å². The second kappa shape index (κ2) is 4.45. The van der Waals surface area contributed by atoms with Gasteiger partial charge in [-0.1, -0.05) is 36.4 Å². The SMILES string of the molecule is CN1C=CN(c2cc3c4ccccc4n4c5ccccc5c(c2)c34)C1. The first-order valence-corrected chi connectivity index (χ1v) is 8.63. The van der Waals surface area contributed by atoms with Crippen LogP contribution in [0.3, 0.4) is 0 Å². The molecule has 0 saturated carbocycles. The lowest BCUT2D eigenvalue weighted by Crippen LogP contribution is -2.21. The Morgan fingerprint density at radius 2 is 1.32 bits per heavy atom. The van der Waals surface area contributed by atoms with Gasteiger partial charge in [-0.2, -0.15) is 0 Å². The fourth-order valence-electron chi connectivity index (χ4n) is 4.30. The zero-order valence-electron chi connectivity index (χ0n) is 14.0. The number of benzene rings is 3. The van der Waals surface area contributed by atoms with Gasteiger partial charge < -0.3 is 14.2 Å². The normalized spacial score (nSPS) is 14.9. The van der Waals surface area contributed by atoms with E-state index < -0.39 is 0 Å². The predicted molar refractivity (Wildman–Crippen MR) is 105 cm³/mol. The van der Waals surface area contributed by atoms with E-state index in [2.05, 4.69) is 94.3 Å². The fraction of sp³-hybridized carbons (Fsp3) is 0.0909. The molecule has 5 aromatic rings. The topological polar surface area (TPSA) is 10.9 Å². The number of para-hydroxylation sites is 2. The number of aromatic nitrogens is 1. The molecule has 1 aliphatic rings. The van der Waals surface area contributed by atoms with E-state index in [9.17, 15) is 0 Å². The summed E-state index contributed by atoms with van der Waals surface area (Å²) in [7, 11) is 2.11. The van der Waals surface area contributed by atoms with Crippen LogP contribution >= 0.6 is 0 Å². The quantitative estimate of drug-likeness (QED) is 0.429. The molecule has 0 bridgehead atoms. The van der Waals surface area contributed by atoms with Gasteiger partial charge >= 0.3 is 0 Å². The largest absolute Gasteiger partial charge is 0.361 e. The minimum Gasteiger partial charge on any atom is -0.361 e. The van der Waals surface area contributed by atoms with Crippen molar-refractivity contribution in [2.75, 3.05) is 18.6 Å². The van der Waals surface area contributed by atoms with E-state index in [1.165, 1.54) is 43.8 Å². The molecule has 3 aromatic carbocycles. The van der Waals surface area contributed by atoms with E-state index in [0.717, 1.165) is 6.67 Å². The van der Waals surface area contributed by atoms with E-state index in [-0.39, 0.29) is 0 Å². The maximum atomic E-state index is 2.42. The molecule has 0 amide bonds. The molecular weight excluding hydrogens is 306 g/mol. The number of fused-ring (bicyclic) bond motifs is 6. The average Bonchev–Trinajstić information content (AvgIpc) is 3.31. The van der Waals surface area contributed by atoms with Crippen LogP contribution in [0.15, 0.2) is 73.1 Å². The summed E-state index contributed by atoms with van der Waals surface area (Å²) in [5.41, 5.74) is 5.16. The molecular formula is C22H17N3. The summed E-state index contributed by atoms with van der Waals surface area (Å²) in [6.45, 7) is 0.894. The molecule has 1 aliphatic heterocycles. The lowest BCUT2D eigenvalue weighted by Gasteiger charge is -2.18. The molecule has 0 atom stereocenters. The van der Waals surface area contributed by atoms with Crippen LogP contribution in [0.4, 0.5) is 5.69 Å². The van der Waals surface area contributed by atoms with Crippen molar-refractivity contribution in [3.8, 4) is 0 Å². The Morgan fingerprint density at radius 3 is 1.88 bits per heavy atom. The zero-order chi connectivity index (χ0) is 16.5. The lowest BCUT2D eigenvalue weighted by molar-refractivity contribution is 0.496. The highest BCUT2D eigenvalue weighted by Gasteiger charge is 2.20. The summed E-state index contributed by atoms with van der Waals surface area (Å²) >= 11 is 0. The zero-order valence-corrected chi connectivity index (χ0v) is 14.0. The fourth-order valence-corrected chi connectivity index (χ4v) is 4.30. The maximum Gasteiger partial charge on any atom is 0.0938 e. The Hall–Kier alpha value is -3.20. The third kappa shape index (κ3) is 1.60. The second-order valence-corrected chi connectivity index (χ2v) is 6.93. The molecule has 0 aliphatic carbocycles. The second-order valence-electron chi connectivity index (χ2n) is 6.93. The van der Waals surface area contributed by atoms with E-state index in [1.54, 1.807) is 0 Å². The molecule has 0 fully saturated rings. The van der Waals surface area contributed by atoms with Gasteiger partial charge in [-0.15, -0.1) is 0 Å².